The van der Waals surface area contributed by atoms with Gasteiger partial charge in [-0.2, -0.15) is 0 Å². The van der Waals surface area contributed by atoms with Crippen molar-refractivity contribution in [3.8, 4) is 0 Å². The minimum atomic E-state index is -2.50. The molecule has 0 heterocycles. The molecule has 6 nitrogen and oxygen atoms in total. The number of hydrogen-bond donors (Lipinski definition) is 0. The van der Waals surface area contributed by atoms with Crippen LogP contribution in [0.15, 0.2) is 0 Å². The Morgan fingerprint density at radius 3 is 1.50 bits per heavy atom. The number of Topliss-reactive ketones (excluding diaryl/α,β-unsaturated/α-hetero) is 6. The summed E-state index contributed by atoms with van der Waals surface area (Å²) in [6.07, 6.45) is -0.609. The molecule has 1 aliphatic rings. The van der Waals surface area contributed by atoms with Gasteiger partial charge in [-0.05, 0) is 34.1 Å². The molecule has 0 aromatic rings. The van der Waals surface area contributed by atoms with Gasteiger partial charge in [-0.1, -0.05) is 0 Å². The number of hydrogen-bond acceptors (Lipinski definition) is 6. The van der Waals surface area contributed by atoms with Gasteiger partial charge >= 0.3 is 0 Å². The van der Waals surface area contributed by atoms with Gasteiger partial charge in [0.05, 0.1) is 0 Å². The zero-order valence-corrected chi connectivity index (χ0v) is 11.9. The molecular formula is C14H16O6. The predicted molar refractivity (Wildman–Crippen MR) is 66.8 cm³/mol. The van der Waals surface area contributed by atoms with Gasteiger partial charge in [-0.3, -0.25) is 28.8 Å². The van der Waals surface area contributed by atoms with E-state index in [9.17, 15) is 28.8 Å². The zero-order chi connectivity index (χ0) is 15.9. The van der Waals surface area contributed by atoms with Gasteiger partial charge < -0.3 is 0 Å². The van der Waals surface area contributed by atoms with Crippen LogP contribution in [0.1, 0.15) is 40.5 Å². The van der Waals surface area contributed by atoms with E-state index in [0.29, 0.717) is 0 Å². The second-order valence-corrected chi connectivity index (χ2v) is 5.13. The molecule has 0 bridgehead atoms. The second-order valence-electron chi connectivity index (χ2n) is 5.13. The third-order valence-electron chi connectivity index (χ3n) is 4.13. The van der Waals surface area contributed by atoms with Crippen LogP contribution >= 0.6 is 0 Å². The fraction of sp³-hybridized carbons (Fsp3) is 0.571. The third-order valence-corrected chi connectivity index (χ3v) is 4.13. The first-order valence-corrected chi connectivity index (χ1v) is 6.18. The number of carbonyl (C=O) groups is 6. The summed E-state index contributed by atoms with van der Waals surface area (Å²) in [7, 11) is 0. The maximum absolute atomic E-state index is 12.6. The summed E-state index contributed by atoms with van der Waals surface area (Å²) in [6.45, 7) is 4.02. The number of rotatable bonds is 4. The van der Waals surface area contributed by atoms with E-state index in [1.54, 1.807) is 0 Å². The van der Waals surface area contributed by atoms with Gasteiger partial charge in [0.2, 0.25) is 5.41 Å². The van der Waals surface area contributed by atoms with Gasteiger partial charge in [0.1, 0.15) is 5.41 Å². The summed E-state index contributed by atoms with van der Waals surface area (Å²) in [5, 5.41) is 0. The van der Waals surface area contributed by atoms with Crippen LogP contribution < -0.4 is 0 Å². The summed E-state index contributed by atoms with van der Waals surface area (Å²) in [4.78, 5) is 72.0. The average molecular weight is 280 g/mol. The highest BCUT2D eigenvalue weighted by atomic mass is 16.2. The molecule has 0 unspecified atom stereocenters. The fourth-order valence-corrected chi connectivity index (χ4v) is 2.93. The summed E-state index contributed by atoms with van der Waals surface area (Å²) < 4.78 is 0. The lowest BCUT2D eigenvalue weighted by Gasteiger charge is -2.39. The lowest BCUT2D eigenvalue weighted by atomic mass is 9.55. The average Bonchev–Trinajstić information content (AvgIpc) is 2.27. The molecule has 1 aliphatic carbocycles. The zero-order valence-electron chi connectivity index (χ0n) is 11.9. The number of ketones is 6. The quantitative estimate of drug-likeness (QED) is 0.684. The predicted octanol–water partition coefficient (Wildman–Crippen LogP) is 0.247. The lowest BCUT2D eigenvalue weighted by molar-refractivity contribution is -0.164. The SMILES string of the molecule is CC(=O)C1(C(C)=O)CCC(=O)C(C(C)=O)(C(C)=O)C1=O. The highest BCUT2D eigenvalue weighted by Gasteiger charge is 2.66. The largest absolute Gasteiger partial charge is 0.298 e. The monoisotopic (exact) mass is 280 g/mol. The number of carbonyl (C=O) groups excluding carboxylic acids is 6. The van der Waals surface area contributed by atoms with Gasteiger partial charge in [0.15, 0.2) is 34.7 Å². The maximum Gasteiger partial charge on any atom is 0.204 e. The first-order chi connectivity index (χ1) is 9.06. The van der Waals surface area contributed by atoms with Crippen molar-refractivity contribution < 1.29 is 28.8 Å². The molecule has 6 heteroatoms. The molecular weight excluding hydrogens is 264 g/mol. The van der Waals surface area contributed by atoms with Gasteiger partial charge in [0, 0.05) is 6.42 Å². The Kier molecular flexibility index (Phi) is 3.90. The molecule has 0 saturated heterocycles. The van der Waals surface area contributed by atoms with E-state index >= 15 is 0 Å². The lowest BCUT2D eigenvalue weighted by Crippen LogP contribution is -2.63. The molecule has 0 spiro atoms. The Balaban J connectivity index is 3.70. The van der Waals surface area contributed by atoms with E-state index in [4.69, 9.17) is 0 Å². The van der Waals surface area contributed by atoms with Crippen molar-refractivity contribution >= 4 is 34.7 Å². The summed E-state index contributed by atoms with van der Waals surface area (Å²) in [5.41, 5.74) is -4.57. The molecule has 0 N–H and O–H groups in total. The Hall–Kier alpha value is -1.98. The second kappa shape index (κ2) is 4.85. The van der Waals surface area contributed by atoms with Crippen molar-refractivity contribution in [1.29, 1.82) is 0 Å². The normalized spacial score (nSPS) is 20.4. The molecule has 0 radical (unpaired) electrons. The maximum atomic E-state index is 12.6. The van der Waals surface area contributed by atoms with Crippen molar-refractivity contribution in [3.05, 3.63) is 0 Å². The van der Waals surface area contributed by atoms with Crippen molar-refractivity contribution in [2.45, 2.75) is 40.5 Å². The molecule has 0 aromatic carbocycles. The molecule has 0 amide bonds. The van der Waals surface area contributed by atoms with Crippen molar-refractivity contribution in [3.63, 3.8) is 0 Å². The van der Waals surface area contributed by atoms with Crippen LogP contribution in [0, 0.1) is 10.8 Å². The Labute approximate surface area is 115 Å². The first kappa shape index (κ1) is 16.1. The smallest absolute Gasteiger partial charge is 0.204 e. The molecule has 0 atom stereocenters. The van der Waals surface area contributed by atoms with Crippen LogP contribution in [0.4, 0.5) is 0 Å². The van der Waals surface area contributed by atoms with E-state index in [2.05, 4.69) is 0 Å². The highest BCUT2D eigenvalue weighted by Crippen LogP contribution is 2.44. The Morgan fingerprint density at radius 1 is 0.800 bits per heavy atom. The molecule has 1 rings (SSSR count). The first-order valence-electron chi connectivity index (χ1n) is 6.18. The summed E-state index contributed by atoms with van der Waals surface area (Å²) in [5.74, 6) is -5.37. The van der Waals surface area contributed by atoms with E-state index < -0.39 is 45.5 Å². The molecule has 108 valence electrons. The molecule has 0 aromatic heterocycles. The van der Waals surface area contributed by atoms with E-state index in [0.717, 1.165) is 27.7 Å². The molecule has 20 heavy (non-hydrogen) atoms. The van der Waals surface area contributed by atoms with E-state index in [1.807, 2.05) is 0 Å². The topological polar surface area (TPSA) is 102 Å². The van der Waals surface area contributed by atoms with Crippen LogP contribution in [0.2, 0.25) is 0 Å². The van der Waals surface area contributed by atoms with Crippen LogP contribution in [-0.2, 0) is 28.8 Å². The van der Waals surface area contributed by atoms with Gasteiger partial charge in [-0.25, -0.2) is 0 Å². The highest BCUT2D eigenvalue weighted by molar-refractivity contribution is 6.45. The Morgan fingerprint density at radius 2 is 1.20 bits per heavy atom. The molecule has 1 saturated carbocycles. The van der Waals surface area contributed by atoms with Gasteiger partial charge in [0.25, 0.3) is 0 Å². The summed E-state index contributed by atoms with van der Waals surface area (Å²) >= 11 is 0. The van der Waals surface area contributed by atoms with Gasteiger partial charge in [-0.15, -0.1) is 0 Å². The van der Waals surface area contributed by atoms with Crippen molar-refractivity contribution in [2.75, 3.05) is 0 Å². The van der Waals surface area contributed by atoms with Crippen LogP contribution in [0.3, 0.4) is 0 Å². The van der Waals surface area contributed by atoms with Crippen LogP contribution in [0.5, 0.6) is 0 Å². The third kappa shape index (κ3) is 1.71. The van der Waals surface area contributed by atoms with Crippen LogP contribution in [0.25, 0.3) is 0 Å². The Bertz CT molecular complexity index is 526. The standard InChI is InChI=1S/C14H16O6/c1-7(15)13(8(2)16)6-5-11(19)14(9(3)17,10(4)18)12(13)20/h5-6H2,1-4H3. The van der Waals surface area contributed by atoms with E-state index in [-0.39, 0.29) is 12.8 Å². The minimum absolute atomic E-state index is 0.280. The molecule has 0 aliphatic heterocycles. The van der Waals surface area contributed by atoms with Crippen LogP contribution in [-0.4, -0.2) is 34.7 Å². The van der Waals surface area contributed by atoms with Crippen molar-refractivity contribution in [1.82, 2.24) is 0 Å². The molecule has 1 fully saturated rings. The summed E-state index contributed by atoms with van der Waals surface area (Å²) in [6, 6.07) is 0. The fourth-order valence-electron chi connectivity index (χ4n) is 2.93. The van der Waals surface area contributed by atoms with E-state index in [1.165, 1.54) is 0 Å². The van der Waals surface area contributed by atoms with Crippen molar-refractivity contribution in [2.24, 2.45) is 10.8 Å². The minimum Gasteiger partial charge on any atom is -0.298 e.